The zero-order valence-corrected chi connectivity index (χ0v) is 9.34. The minimum absolute atomic E-state index is 0.0721. The second-order valence-electron chi connectivity index (χ2n) is 4.17. The second-order valence-corrected chi connectivity index (χ2v) is 4.17. The van der Waals surface area contributed by atoms with E-state index in [0.717, 1.165) is 12.8 Å². The molecule has 0 aliphatic heterocycles. The van der Waals surface area contributed by atoms with Crippen LogP contribution in [0.5, 0.6) is 0 Å². The Hall–Kier alpha value is -1.06. The maximum atomic E-state index is 11.4. The first-order valence-corrected chi connectivity index (χ1v) is 5.72. The first kappa shape index (κ1) is 12.0. The van der Waals surface area contributed by atoms with E-state index in [0.29, 0.717) is 6.04 Å². The monoisotopic (exact) mass is 212 g/mol. The number of carbonyl (C=O) groups excluding carboxylic acids is 2. The van der Waals surface area contributed by atoms with Gasteiger partial charge in [-0.25, -0.2) is 0 Å². The first-order valence-electron chi connectivity index (χ1n) is 5.72. The maximum Gasteiger partial charge on any atom is 0.239 e. The van der Waals surface area contributed by atoms with Gasteiger partial charge in [-0.3, -0.25) is 9.59 Å². The van der Waals surface area contributed by atoms with Crippen molar-refractivity contribution in [2.75, 3.05) is 6.54 Å². The molecule has 4 nitrogen and oxygen atoms in total. The molecule has 0 aromatic rings. The van der Waals surface area contributed by atoms with E-state index in [2.05, 4.69) is 10.6 Å². The Morgan fingerprint density at radius 3 is 2.27 bits per heavy atom. The van der Waals surface area contributed by atoms with Gasteiger partial charge in [0.05, 0.1) is 6.54 Å². The van der Waals surface area contributed by atoms with Crippen molar-refractivity contribution in [1.82, 2.24) is 10.6 Å². The smallest absolute Gasteiger partial charge is 0.239 e. The van der Waals surface area contributed by atoms with Crippen LogP contribution in [-0.4, -0.2) is 24.4 Å². The lowest BCUT2D eigenvalue weighted by Crippen LogP contribution is -2.41. The minimum atomic E-state index is -0.161. The molecule has 1 aliphatic carbocycles. The van der Waals surface area contributed by atoms with Crippen LogP contribution in [0.15, 0.2) is 0 Å². The van der Waals surface area contributed by atoms with Gasteiger partial charge in [0, 0.05) is 13.0 Å². The summed E-state index contributed by atoms with van der Waals surface area (Å²) in [6.07, 6.45) is 7.10. The fourth-order valence-electron chi connectivity index (χ4n) is 1.91. The molecule has 0 bridgehead atoms. The molecule has 0 radical (unpaired) electrons. The quantitative estimate of drug-likeness (QED) is 0.685. The fourth-order valence-corrected chi connectivity index (χ4v) is 1.91. The molecule has 1 rings (SSSR count). The molecular formula is C11H20N2O2. The van der Waals surface area contributed by atoms with Gasteiger partial charge >= 0.3 is 0 Å². The number of carbonyl (C=O) groups is 2. The summed E-state index contributed by atoms with van der Waals surface area (Å²) in [5.74, 6) is -0.233. The van der Waals surface area contributed by atoms with E-state index < -0.39 is 0 Å². The topological polar surface area (TPSA) is 58.2 Å². The fraction of sp³-hybridized carbons (Fsp3) is 0.818. The highest BCUT2D eigenvalue weighted by molar-refractivity contribution is 5.83. The van der Waals surface area contributed by atoms with Crippen molar-refractivity contribution >= 4 is 11.8 Å². The number of hydrogen-bond acceptors (Lipinski definition) is 2. The van der Waals surface area contributed by atoms with Crippen molar-refractivity contribution in [3.05, 3.63) is 0 Å². The number of nitrogens with one attached hydrogen (secondary N) is 2. The molecule has 1 saturated carbocycles. The van der Waals surface area contributed by atoms with Gasteiger partial charge in [-0.2, -0.15) is 0 Å². The Bertz CT molecular complexity index is 221. The lowest BCUT2D eigenvalue weighted by molar-refractivity contribution is -0.125. The molecule has 2 N–H and O–H groups in total. The lowest BCUT2D eigenvalue weighted by Gasteiger charge is -2.16. The molecule has 15 heavy (non-hydrogen) atoms. The molecule has 0 saturated heterocycles. The van der Waals surface area contributed by atoms with Gasteiger partial charge in [0.15, 0.2) is 0 Å². The van der Waals surface area contributed by atoms with Crippen molar-refractivity contribution in [3.63, 3.8) is 0 Å². The van der Waals surface area contributed by atoms with Gasteiger partial charge < -0.3 is 10.6 Å². The highest BCUT2D eigenvalue weighted by Crippen LogP contribution is 2.16. The van der Waals surface area contributed by atoms with Crippen LogP contribution in [0.1, 0.15) is 45.4 Å². The highest BCUT2D eigenvalue weighted by Gasteiger charge is 2.14. The molecule has 4 heteroatoms. The van der Waals surface area contributed by atoms with Crippen LogP contribution in [0.2, 0.25) is 0 Å². The number of hydrogen-bond donors (Lipinski definition) is 2. The predicted molar refractivity (Wildman–Crippen MR) is 58.3 cm³/mol. The summed E-state index contributed by atoms with van der Waals surface area (Å²) < 4.78 is 0. The highest BCUT2D eigenvalue weighted by atomic mass is 16.2. The average molecular weight is 212 g/mol. The van der Waals surface area contributed by atoms with E-state index >= 15 is 0 Å². The zero-order chi connectivity index (χ0) is 11.1. The lowest BCUT2D eigenvalue weighted by atomic mass is 10.1. The van der Waals surface area contributed by atoms with Crippen molar-refractivity contribution in [1.29, 1.82) is 0 Å². The molecule has 86 valence electrons. The molecular weight excluding hydrogens is 192 g/mol. The molecule has 2 amide bonds. The Kier molecular flexibility index (Phi) is 5.15. The maximum absolute atomic E-state index is 11.4. The Morgan fingerprint density at radius 1 is 1.13 bits per heavy atom. The third kappa shape index (κ3) is 5.40. The van der Waals surface area contributed by atoms with Gasteiger partial charge in [-0.05, 0) is 12.8 Å². The third-order valence-electron chi connectivity index (χ3n) is 2.72. The van der Waals surface area contributed by atoms with Crippen LogP contribution in [0.3, 0.4) is 0 Å². The van der Waals surface area contributed by atoms with Gasteiger partial charge in [0.2, 0.25) is 11.8 Å². The van der Waals surface area contributed by atoms with Crippen molar-refractivity contribution in [2.45, 2.75) is 51.5 Å². The molecule has 0 unspecified atom stereocenters. The summed E-state index contributed by atoms with van der Waals surface area (Å²) in [5.41, 5.74) is 0. The van der Waals surface area contributed by atoms with E-state index in [4.69, 9.17) is 0 Å². The van der Waals surface area contributed by atoms with E-state index in [-0.39, 0.29) is 18.4 Å². The van der Waals surface area contributed by atoms with Crippen molar-refractivity contribution < 1.29 is 9.59 Å². The van der Waals surface area contributed by atoms with Gasteiger partial charge in [-0.1, -0.05) is 25.7 Å². The van der Waals surface area contributed by atoms with Gasteiger partial charge in [-0.15, -0.1) is 0 Å². The Labute approximate surface area is 90.8 Å². The summed E-state index contributed by atoms with van der Waals surface area (Å²) >= 11 is 0. The Balaban J connectivity index is 2.20. The van der Waals surface area contributed by atoms with E-state index in [1.807, 2.05) is 0 Å². The van der Waals surface area contributed by atoms with Gasteiger partial charge in [0.1, 0.15) is 0 Å². The average Bonchev–Trinajstić information content (AvgIpc) is 2.43. The second kappa shape index (κ2) is 6.43. The molecule has 0 spiro atoms. The SMILES string of the molecule is CC(=O)NCC(=O)NC1CCCCCC1. The molecule has 0 heterocycles. The summed E-state index contributed by atoms with van der Waals surface area (Å²) in [5, 5.41) is 5.46. The molecule has 1 fully saturated rings. The molecule has 1 aliphatic rings. The van der Waals surface area contributed by atoms with Crippen molar-refractivity contribution in [3.8, 4) is 0 Å². The van der Waals surface area contributed by atoms with Gasteiger partial charge in [0.25, 0.3) is 0 Å². The summed E-state index contributed by atoms with van der Waals surface area (Å²) in [6, 6.07) is 0.314. The zero-order valence-electron chi connectivity index (χ0n) is 9.34. The molecule has 0 atom stereocenters. The normalized spacial score (nSPS) is 17.9. The predicted octanol–water partition coefficient (Wildman–Crippen LogP) is 0.961. The first-order chi connectivity index (χ1) is 7.18. The van der Waals surface area contributed by atoms with Crippen LogP contribution in [-0.2, 0) is 9.59 Å². The van der Waals surface area contributed by atoms with Crippen LogP contribution in [0, 0.1) is 0 Å². The summed E-state index contributed by atoms with van der Waals surface area (Å²) in [6.45, 7) is 1.52. The van der Waals surface area contributed by atoms with Crippen LogP contribution < -0.4 is 10.6 Å². The minimum Gasteiger partial charge on any atom is -0.352 e. The van der Waals surface area contributed by atoms with Crippen molar-refractivity contribution in [2.24, 2.45) is 0 Å². The standard InChI is InChI=1S/C11H20N2O2/c1-9(14)12-8-11(15)13-10-6-4-2-3-5-7-10/h10H,2-8H2,1H3,(H,12,14)(H,13,15). The number of amides is 2. The van der Waals surface area contributed by atoms with Crippen LogP contribution in [0.25, 0.3) is 0 Å². The molecule has 0 aromatic heterocycles. The largest absolute Gasteiger partial charge is 0.352 e. The Morgan fingerprint density at radius 2 is 1.73 bits per heavy atom. The summed E-state index contributed by atoms with van der Waals surface area (Å²) in [4.78, 5) is 22.0. The van der Waals surface area contributed by atoms with Crippen LogP contribution >= 0.6 is 0 Å². The van der Waals surface area contributed by atoms with E-state index in [1.54, 1.807) is 0 Å². The summed E-state index contributed by atoms with van der Waals surface area (Å²) in [7, 11) is 0. The van der Waals surface area contributed by atoms with E-state index in [9.17, 15) is 9.59 Å². The third-order valence-corrected chi connectivity index (χ3v) is 2.72. The molecule has 0 aromatic carbocycles. The van der Waals surface area contributed by atoms with E-state index in [1.165, 1.54) is 32.6 Å². The number of rotatable bonds is 3. The van der Waals surface area contributed by atoms with Crippen LogP contribution in [0.4, 0.5) is 0 Å².